The molecule has 3 N–H and O–H groups in total. The molecule has 5 heteroatoms. The van der Waals surface area contributed by atoms with Crippen molar-refractivity contribution in [2.24, 2.45) is 5.92 Å². The predicted octanol–water partition coefficient (Wildman–Crippen LogP) is 2.57. The van der Waals surface area contributed by atoms with Crippen molar-refractivity contribution in [3.8, 4) is 0 Å². The van der Waals surface area contributed by atoms with Gasteiger partial charge in [-0.1, -0.05) is 19.8 Å². The summed E-state index contributed by atoms with van der Waals surface area (Å²) in [6.07, 6.45) is 3.86. The highest BCUT2D eigenvalue weighted by Gasteiger charge is 2.32. The lowest BCUT2D eigenvalue weighted by Crippen LogP contribution is -2.44. The van der Waals surface area contributed by atoms with Crippen LogP contribution in [0.2, 0.25) is 0 Å². The third kappa shape index (κ3) is 3.61. The van der Waals surface area contributed by atoms with E-state index in [1.54, 1.807) is 6.07 Å². The van der Waals surface area contributed by atoms with E-state index in [1.165, 1.54) is 12.5 Å². The molecule has 0 aliphatic heterocycles. The first kappa shape index (κ1) is 15.1. The van der Waals surface area contributed by atoms with Gasteiger partial charge in [0.05, 0.1) is 11.6 Å². The van der Waals surface area contributed by atoms with Gasteiger partial charge >= 0.3 is 5.97 Å². The summed E-state index contributed by atoms with van der Waals surface area (Å²) in [7, 11) is 0. The Labute approximate surface area is 119 Å². The summed E-state index contributed by atoms with van der Waals surface area (Å²) in [6, 6.07) is 2.99. The number of carboxylic acid groups (broad SMARTS) is 1. The lowest BCUT2D eigenvalue weighted by molar-refractivity contribution is -0.0138. The van der Waals surface area contributed by atoms with Crippen LogP contribution in [-0.4, -0.2) is 28.3 Å². The summed E-state index contributed by atoms with van der Waals surface area (Å²) in [4.78, 5) is 10.8. The Bertz CT molecular complexity index is 470. The molecule has 1 aliphatic rings. The highest BCUT2D eigenvalue weighted by atomic mass is 16.4. The average Bonchev–Trinajstić information content (AvgIpc) is 2.85. The molecule has 0 saturated heterocycles. The zero-order valence-electron chi connectivity index (χ0n) is 12.1. The maximum absolute atomic E-state index is 10.8. The highest BCUT2D eigenvalue weighted by molar-refractivity contribution is 5.84. The Hall–Kier alpha value is -1.33. The third-order valence-electron chi connectivity index (χ3n) is 4.07. The van der Waals surface area contributed by atoms with Crippen molar-refractivity contribution in [3.63, 3.8) is 0 Å². The van der Waals surface area contributed by atoms with Gasteiger partial charge in [-0.05, 0) is 37.8 Å². The molecule has 0 aromatic carbocycles. The van der Waals surface area contributed by atoms with E-state index in [4.69, 9.17) is 9.52 Å². The minimum atomic E-state index is -1.07. The van der Waals surface area contributed by atoms with Crippen molar-refractivity contribution in [2.45, 2.75) is 51.2 Å². The second-order valence-electron chi connectivity index (χ2n) is 6.04. The summed E-state index contributed by atoms with van der Waals surface area (Å²) in [5, 5.41) is 22.6. The maximum atomic E-state index is 10.8. The molecule has 5 nitrogen and oxygen atoms in total. The zero-order chi connectivity index (χ0) is 14.8. The van der Waals surface area contributed by atoms with E-state index in [9.17, 15) is 9.90 Å². The van der Waals surface area contributed by atoms with Crippen LogP contribution in [0.4, 0.5) is 0 Å². The van der Waals surface area contributed by atoms with Gasteiger partial charge in [-0.3, -0.25) is 0 Å². The summed E-state index contributed by atoms with van der Waals surface area (Å²) in [5.41, 5.74) is -0.659. The van der Waals surface area contributed by atoms with Gasteiger partial charge in [-0.25, -0.2) is 4.79 Å². The van der Waals surface area contributed by atoms with Gasteiger partial charge in [0.2, 0.25) is 5.76 Å². The van der Waals surface area contributed by atoms with Crippen molar-refractivity contribution in [3.05, 3.63) is 23.7 Å². The molecule has 3 atom stereocenters. The maximum Gasteiger partial charge on any atom is 0.371 e. The van der Waals surface area contributed by atoms with E-state index in [1.807, 2.05) is 6.92 Å². The molecule has 1 saturated carbocycles. The van der Waals surface area contributed by atoms with Gasteiger partial charge in [0.25, 0.3) is 0 Å². The van der Waals surface area contributed by atoms with Crippen molar-refractivity contribution in [1.82, 2.24) is 5.32 Å². The SMILES string of the molecule is CC1CCCC(O)(CNC(C)c2ccc(C(=O)O)o2)C1. The first-order valence-corrected chi connectivity index (χ1v) is 7.18. The van der Waals surface area contributed by atoms with Crippen LogP contribution in [0.3, 0.4) is 0 Å². The lowest BCUT2D eigenvalue weighted by Gasteiger charge is -2.36. The Morgan fingerprint density at radius 1 is 1.60 bits per heavy atom. The van der Waals surface area contributed by atoms with Crippen LogP contribution in [0, 0.1) is 5.92 Å². The van der Waals surface area contributed by atoms with E-state index in [2.05, 4.69) is 12.2 Å². The number of hydrogen-bond acceptors (Lipinski definition) is 4. The van der Waals surface area contributed by atoms with E-state index in [0.717, 1.165) is 19.3 Å². The number of rotatable bonds is 5. The van der Waals surface area contributed by atoms with Crippen molar-refractivity contribution in [2.75, 3.05) is 6.54 Å². The number of nitrogens with one attached hydrogen (secondary N) is 1. The zero-order valence-corrected chi connectivity index (χ0v) is 12.1. The van der Waals surface area contributed by atoms with Crippen LogP contribution in [0.15, 0.2) is 16.5 Å². The van der Waals surface area contributed by atoms with Crippen molar-refractivity contribution >= 4 is 5.97 Å². The Morgan fingerprint density at radius 2 is 2.35 bits per heavy atom. The van der Waals surface area contributed by atoms with Crippen LogP contribution in [0.5, 0.6) is 0 Å². The molecular formula is C15H23NO4. The molecule has 20 heavy (non-hydrogen) atoms. The highest BCUT2D eigenvalue weighted by Crippen LogP contribution is 2.32. The number of aliphatic hydroxyl groups is 1. The normalized spacial score (nSPS) is 28.2. The number of furan rings is 1. The van der Waals surface area contributed by atoms with E-state index < -0.39 is 11.6 Å². The smallest absolute Gasteiger partial charge is 0.371 e. The summed E-state index contributed by atoms with van der Waals surface area (Å²) < 4.78 is 5.26. The Kier molecular flexibility index (Phi) is 4.50. The molecule has 1 aromatic rings. The van der Waals surface area contributed by atoms with Crippen LogP contribution < -0.4 is 5.32 Å². The molecule has 0 amide bonds. The monoisotopic (exact) mass is 281 g/mol. The number of aromatic carboxylic acids is 1. The minimum absolute atomic E-state index is 0.0568. The standard InChI is InChI=1S/C15H23NO4/c1-10-4-3-7-15(19,8-10)9-16-11(2)12-5-6-13(20-12)14(17)18/h5-6,10-11,16,19H,3-4,7-9H2,1-2H3,(H,17,18). The molecular weight excluding hydrogens is 258 g/mol. The molecule has 3 unspecified atom stereocenters. The fraction of sp³-hybridized carbons (Fsp3) is 0.667. The molecule has 1 fully saturated rings. The summed E-state index contributed by atoms with van der Waals surface area (Å²) in [6.45, 7) is 4.57. The van der Waals surface area contributed by atoms with Gasteiger partial charge in [0.1, 0.15) is 5.76 Å². The second kappa shape index (κ2) is 5.97. The first-order valence-electron chi connectivity index (χ1n) is 7.18. The molecule has 1 heterocycles. The van der Waals surface area contributed by atoms with Crippen molar-refractivity contribution < 1.29 is 19.4 Å². The summed E-state index contributed by atoms with van der Waals surface area (Å²) >= 11 is 0. The average molecular weight is 281 g/mol. The Morgan fingerprint density at radius 3 is 2.95 bits per heavy atom. The molecule has 0 bridgehead atoms. The summed E-state index contributed by atoms with van der Waals surface area (Å²) in [5.74, 6) is 0.00442. The Balaban J connectivity index is 1.90. The van der Waals surface area contributed by atoms with Gasteiger partial charge in [0.15, 0.2) is 0 Å². The van der Waals surface area contributed by atoms with E-state index >= 15 is 0 Å². The fourth-order valence-corrected chi connectivity index (χ4v) is 2.94. The molecule has 0 radical (unpaired) electrons. The first-order chi connectivity index (χ1) is 9.39. The van der Waals surface area contributed by atoms with Crippen LogP contribution in [-0.2, 0) is 0 Å². The quantitative estimate of drug-likeness (QED) is 0.772. The number of carbonyl (C=O) groups is 1. The van der Waals surface area contributed by atoms with E-state index in [0.29, 0.717) is 18.2 Å². The van der Waals surface area contributed by atoms with Crippen LogP contribution >= 0.6 is 0 Å². The van der Waals surface area contributed by atoms with Crippen LogP contribution in [0.25, 0.3) is 0 Å². The molecule has 0 spiro atoms. The second-order valence-corrected chi connectivity index (χ2v) is 6.04. The lowest BCUT2D eigenvalue weighted by atomic mass is 9.79. The molecule has 2 rings (SSSR count). The van der Waals surface area contributed by atoms with Crippen LogP contribution in [0.1, 0.15) is 61.9 Å². The number of hydrogen-bond donors (Lipinski definition) is 3. The molecule has 1 aromatic heterocycles. The predicted molar refractivity (Wildman–Crippen MR) is 74.7 cm³/mol. The third-order valence-corrected chi connectivity index (χ3v) is 4.07. The molecule has 112 valence electrons. The fourth-order valence-electron chi connectivity index (χ4n) is 2.94. The molecule has 1 aliphatic carbocycles. The minimum Gasteiger partial charge on any atom is -0.475 e. The van der Waals surface area contributed by atoms with Gasteiger partial charge in [-0.15, -0.1) is 0 Å². The number of carboxylic acids is 1. The van der Waals surface area contributed by atoms with Gasteiger partial charge in [-0.2, -0.15) is 0 Å². The topological polar surface area (TPSA) is 82.7 Å². The van der Waals surface area contributed by atoms with Crippen molar-refractivity contribution in [1.29, 1.82) is 0 Å². The largest absolute Gasteiger partial charge is 0.475 e. The van der Waals surface area contributed by atoms with Gasteiger partial charge < -0.3 is 19.9 Å². The van der Waals surface area contributed by atoms with Gasteiger partial charge in [0, 0.05) is 6.54 Å². The van der Waals surface area contributed by atoms with E-state index in [-0.39, 0.29) is 11.8 Å².